The molecule has 0 spiro atoms. The van der Waals surface area contributed by atoms with E-state index in [1.807, 2.05) is 6.07 Å². The molecule has 0 saturated heterocycles. The number of likely N-dealkylation sites (N-methyl/N-ethyl adjacent to an activating group) is 1. The highest BCUT2D eigenvalue weighted by Gasteiger charge is 2.35. The van der Waals surface area contributed by atoms with Gasteiger partial charge in [-0.25, -0.2) is 4.39 Å². The Balaban J connectivity index is 1.91. The third kappa shape index (κ3) is 4.05. The van der Waals surface area contributed by atoms with Crippen molar-refractivity contribution in [1.29, 1.82) is 0 Å². The van der Waals surface area contributed by atoms with Crippen molar-refractivity contribution in [2.45, 2.75) is 50.4 Å². The molecule has 1 N–H and O–H groups in total. The van der Waals surface area contributed by atoms with Gasteiger partial charge in [0.25, 0.3) is 0 Å². The van der Waals surface area contributed by atoms with Crippen molar-refractivity contribution in [3.05, 3.63) is 35.6 Å². The van der Waals surface area contributed by atoms with Crippen LogP contribution in [0, 0.1) is 5.82 Å². The van der Waals surface area contributed by atoms with E-state index in [0.717, 1.165) is 24.8 Å². The zero-order valence-corrected chi connectivity index (χ0v) is 13.2. The minimum absolute atomic E-state index is 0.0370. The first-order valence-electron chi connectivity index (χ1n) is 7.74. The van der Waals surface area contributed by atoms with Crippen molar-refractivity contribution in [2.24, 2.45) is 0 Å². The summed E-state index contributed by atoms with van der Waals surface area (Å²) < 4.78 is 18.4. The summed E-state index contributed by atoms with van der Waals surface area (Å²) in [6.07, 6.45) is 2.47. The van der Waals surface area contributed by atoms with Crippen molar-refractivity contribution in [3.63, 3.8) is 0 Å². The zero-order chi connectivity index (χ0) is 16.1. The van der Waals surface area contributed by atoms with Crippen molar-refractivity contribution in [1.82, 2.24) is 4.90 Å². The lowest BCUT2D eigenvalue weighted by atomic mass is 9.89. The molecule has 0 aliphatic heterocycles. The number of benzene rings is 1. The topological polar surface area (TPSA) is 49.8 Å². The van der Waals surface area contributed by atoms with Crippen molar-refractivity contribution in [2.75, 3.05) is 14.2 Å². The maximum Gasteiger partial charge on any atom is 0.222 e. The second-order valence-corrected chi connectivity index (χ2v) is 5.90. The van der Waals surface area contributed by atoms with Gasteiger partial charge in [-0.15, -0.1) is 0 Å². The van der Waals surface area contributed by atoms with E-state index in [0.29, 0.717) is 12.8 Å². The number of hydrogen-bond donors (Lipinski definition) is 1. The molecule has 5 heteroatoms. The molecule has 1 aromatic carbocycles. The minimum atomic E-state index is -0.651. The number of ether oxygens (including phenoxy) is 1. The number of rotatable bonds is 5. The van der Waals surface area contributed by atoms with Crippen molar-refractivity contribution in [3.8, 4) is 0 Å². The van der Waals surface area contributed by atoms with E-state index in [-0.39, 0.29) is 23.9 Å². The SMILES string of the molecule is CO[C@@H]1CCC[C@@H](N(C)C(=O)CCc2cccc(F)c2)[C@H]1O. The predicted octanol–water partition coefficient (Wildman–Crippen LogP) is 2.15. The van der Waals surface area contributed by atoms with E-state index in [2.05, 4.69) is 0 Å². The number of aliphatic hydroxyl groups excluding tert-OH is 1. The molecular formula is C17H24FNO3. The number of amides is 1. The van der Waals surface area contributed by atoms with E-state index >= 15 is 0 Å². The van der Waals surface area contributed by atoms with E-state index in [1.165, 1.54) is 12.1 Å². The summed E-state index contributed by atoms with van der Waals surface area (Å²) in [5.41, 5.74) is 0.806. The van der Waals surface area contributed by atoms with Gasteiger partial charge in [0.15, 0.2) is 0 Å². The van der Waals surface area contributed by atoms with Crippen LogP contribution in [0.5, 0.6) is 0 Å². The van der Waals surface area contributed by atoms with E-state index in [1.54, 1.807) is 25.1 Å². The molecule has 1 fully saturated rings. The summed E-state index contributed by atoms with van der Waals surface area (Å²) in [6, 6.07) is 6.09. The molecular weight excluding hydrogens is 285 g/mol. The van der Waals surface area contributed by atoms with Crippen LogP contribution in [0.25, 0.3) is 0 Å². The lowest BCUT2D eigenvalue weighted by Crippen LogP contribution is -2.52. The van der Waals surface area contributed by atoms with Crippen LogP contribution in [-0.4, -0.2) is 48.3 Å². The van der Waals surface area contributed by atoms with Gasteiger partial charge in [0.05, 0.1) is 12.1 Å². The van der Waals surface area contributed by atoms with Crippen LogP contribution >= 0.6 is 0 Å². The fourth-order valence-corrected chi connectivity index (χ4v) is 3.10. The number of hydrogen-bond acceptors (Lipinski definition) is 3. The summed E-state index contributed by atoms with van der Waals surface area (Å²) in [5, 5.41) is 10.3. The monoisotopic (exact) mass is 309 g/mol. The van der Waals surface area contributed by atoms with E-state index in [9.17, 15) is 14.3 Å². The molecule has 122 valence electrons. The number of carbonyl (C=O) groups is 1. The molecule has 0 bridgehead atoms. The number of carbonyl (C=O) groups excluding carboxylic acids is 1. The smallest absolute Gasteiger partial charge is 0.222 e. The van der Waals surface area contributed by atoms with Crippen LogP contribution in [0.15, 0.2) is 24.3 Å². The zero-order valence-electron chi connectivity index (χ0n) is 13.2. The Morgan fingerprint density at radius 1 is 1.45 bits per heavy atom. The summed E-state index contributed by atoms with van der Waals surface area (Å²) in [5.74, 6) is -0.325. The molecule has 0 radical (unpaired) electrons. The van der Waals surface area contributed by atoms with Gasteiger partial charge in [0.2, 0.25) is 5.91 Å². The third-order valence-electron chi connectivity index (χ3n) is 4.47. The lowest BCUT2D eigenvalue weighted by molar-refractivity contribution is -0.140. The Bertz CT molecular complexity index is 508. The fourth-order valence-electron chi connectivity index (χ4n) is 3.10. The Kier molecular flexibility index (Phi) is 5.91. The molecule has 1 saturated carbocycles. The summed E-state index contributed by atoms with van der Waals surface area (Å²) in [4.78, 5) is 13.9. The first-order valence-corrected chi connectivity index (χ1v) is 7.74. The van der Waals surface area contributed by atoms with Crippen LogP contribution in [0.3, 0.4) is 0 Å². The fraction of sp³-hybridized carbons (Fsp3) is 0.588. The number of aliphatic hydroxyl groups is 1. The summed E-state index contributed by atoms with van der Waals surface area (Å²) in [6.45, 7) is 0. The molecule has 1 aliphatic carbocycles. The second-order valence-electron chi connectivity index (χ2n) is 5.90. The highest BCUT2D eigenvalue weighted by molar-refractivity contribution is 5.76. The molecule has 0 heterocycles. The first kappa shape index (κ1) is 16.9. The van der Waals surface area contributed by atoms with Gasteiger partial charge in [0, 0.05) is 20.6 Å². The van der Waals surface area contributed by atoms with Crippen LogP contribution < -0.4 is 0 Å². The van der Waals surface area contributed by atoms with Gasteiger partial charge in [-0.1, -0.05) is 12.1 Å². The normalized spacial score (nSPS) is 25.0. The van der Waals surface area contributed by atoms with Gasteiger partial charge in [-0.2, -0.15) is 0 Å². The third-order valence-corrected chi connectivity index (χ3v) is 4.47. The van der Waals surface area contributed by atoms with Crippen molar-refractivity contribution < 1.29 is 19.0 Å². The average molecular weight is 309 g/mol. The molecule has 1 aromatic rings. The summed E-state index contributed by atoms with van der Waals surface area (Å²) >= 11 is 0. The van der Waals surface area contributed by atoms with E-state index < -0.39 is 6.10 Å². The molecule has 2 rings (SSSR count). The number of nitrogens with zero attached hydrogens (tertiary/aromatic N) is 1. The second kappa shape index (κ2) is 7.70. The Morgan fingerprint density at radius 2 is 2.23 bits per heavy atom. The van der Waals surface area contributed by atoms with Crippen LogP contribution in [-0.2, 0) is 16.0 Å². The van der Waals surface area contributed by atoms with E-state index in [4.69, 9.17) is 4.74 Å². The maximum absolute atomic E-state index is 13.1. The van der Waals surface area contributed by atoms with Crippen LogP contribution in [0.1, 0.15) is 31.2 Å². The van der Waals surface area contributed by atoms with Gasteiger partial charge in [-0.05, 0) is 43.4 Å². The van der Waals surface area contributed by atoms with Gasteiger partial charge in [-0.3, -0.25) is 4.79 Å². The standard InChI is InChI=1S/C17H24FNO3/c1-19(14-7-4-8-15(22-2)17(14)21)16(20)10-9-12-5-3-6-13(18)11-12/h3,5-6,11,14-15,17,21H,4,7-10H2,1-2H3/t14-,15-,17-/m1/s1. The number of methoxy groups -OCH3 is 1. The number of halogens is 1. The first-order chi connectivity index (χ1) is 10.5. The van der Waals surface area contributed by atoms with Gasteiger partial charge >= 0.3 is 0 Å². The summed E-state index contributed by atoms with van der Waals surface area (Å²) in [7, 11) is 3.31. The highest BCUT2D eigenvalue weighted by Crippen LogP contribution is 2.25. The molecule has 0 unspecified atom stereocenters. The molecule has 1 aliphatic rings. The molecule has 0 aromatic heterocycles. The Hall–Kier alpha value is -1.46. The quantitative estimate of drug-likeness (QED) is 0.906. The highest BCUT2D eigenvalue weighted by atomic mass is 19.1. The maximum atomic E-state index is 13.1. The molecule has 1 amide bonds. The molecule has 22 heavy (non-hydrogen) atoms. The lowest BCUT2D eigenvalue weighted by Gasteiger charge is -2.39. The largest absolute Gasteiger partial charge is 0.388 e. The average Bonchev–Trinajstić information content (AvgIpc) is 2.52. The minimum Gasteiger partial charge on any atom is -0.388 e. The molecule has 4 nitrogen and oxygen atoms in total. The predicted molar refractivity (Wildman–Crippen MR) is 81.9 cm³/mol. The Morgan fingerprint density at radius 3 is 2.91 bits per heavy atom. The van der Waals surface area contributed by atoms with Gasteiger partial charge < -0.3 is 14.7 Å². The number of aryl methyl sites for hydroxylation is 1. The molecule has 3 atom stereocenters. The van der Waals surface area contributed by atoms with Crippen LogP contribution in [0.2, 0.25) is 0 Å². The Labute approximate surface area is 130 Å². The van der Waals surface area contributed by atoms with Gasteiger partial charge in [0.1, 0.15) is 11.9 Å². The van der Waals surface area contributed by atoms with Crippen molar-refractivity contribution >= 4 is 5.91 Å². The van der Waals surface area contributed by atoms with Crippen LogP contribution in [0.4, 0.5) is 4.39 Å².